The van der Waals surface area contributed by atoms with Gasteiger partial charge in [-0.1, -0.05) is 19.1 Å². The van der Waals surface area contributed by atoms with Gasteiger partial charge in [0, 0.05) is 19.2 Å². The van der Waals surface area contributed by atoms with Gasteiger partial charge in [0.05, 0.1) is 12.3 Å². The molecular weight excluding hydrogens is 205 g/mol. The number of para-hydroxylation sites is 1. The molecule has 1 saturated carbocycles. The number of halogens is 1. The van der Waals surface area contributed by atoms with Gasteiger partial charge in [-0.15, -0.1) is 0 Å². The molecule has 1 aromatic carbocycles. The maximum absolute atomic E-state index is 13.7. The number of rotatable bonds is 4. The van der Waals surface area contributed by atoms with E-state index < -0.39 is 0 Å². The van der Waals surface area contributed by atoms with Crippen molar-refractivity contribution in [3.05, 3.63) is 29.6 Å². The van der Waals surface area contributed by atoms with Gasteiger partial charge in [-0.3, -0.25) is 0 Å². The molecule has 1 aromatic rings. The highest BCUT2D eigenvalue weighted by Gasteiger charge is 2.33. The van der Waals surface area contributed by atoms with Gasteiger partial charge >= 0.3 is 0 Å². The lowest BCUT2D eigenvalue weighted by atomic mass is 10.1. The maximum Gasteiger partial charge on any atom is 0.146 e. The van der Waals surface area contributed by atoms with Crippen LogP contribution in [0.15, 0.2) is 18.2 Å². The first-order valence-electron chi connectivity index (χ1n) is 5.73. The Morgan fingerprint density at radius 2 is 2.19 bits per heavy atom. The van der Waals surface area contributed by atoms with Gasteiger partial charge in [0.15, 0.2) is 0 Å². The molecule has 2 nitrogen and oxygen atoms in total. The van der Waals surface area contributed by atoms with E-state index in [0.29, 0.717) is 17.2 Å². The molecule has 0 aliphatic heterocycles. The van der Waals surface area contributed by atoms with E-state index in [0.717, 1.165) is 12.5 Å². The van der Waals surface area contributed by atoms with Crippen molar-refractivity contribution in [2.24, 2.45) is 11.8 Å². The highest BCUT2D eigenvalue weighted by atomic mass is 19.1. The molecule has 2 rings (SSSR count). The predicted molar refractivity (Wildman–Crippen MR) is 62.9 cm³/mol. The molecule has 0 radical (unpaired) electrons. The summed E-state index contributed by atoms with van der Waals surface area (Å²) in [5, 5.41) is 9.20. The quantitative estimate of drug-likeness (QED) is 0.847. The van der Waals surface area contributed by atoms with Crippen molar-refractivity contribution in [3.63, 3.8) is 0 Å². The normalized spacial score (nSPS) is 23.2. The van der Waals surface area contributed by atoms with E-state index in [1.807, 2.05) is 11.9 Å². The average molecular weight is 223 g/mol. The van der Waals surface area contributed by atoms with Crippen molar-refractivity contribution in [1.29, 1.82) is 0 Å². The van der Waals surface area contributed by atoms with Crippen LogP contribution in [0.3, 0.4) is 0 Å². The van der Waals surface area contributed by atoms with E-state index in [1.54, 1.807) is 12.1 Å². The van der Waals surface area contributed by atoms with E-state index in [2.05, 4.69) is 6.92 Å². The summed E-state index contributed by atoms with van der Waals surface area (Å²) in [6.07, 6.45) is 1.23. The van der Waals surface area contributed by atoms with E-state index in [-0.39, 0.29) is 12.4 Å². The molecule has 2 atom stereocenters. The van der Waals surface area contributed by atoms with Crippen LogP contribution in [0.1, 0.15) is 18.9 Å². The second-order valence-electron chi connectivity index (χ2n) is 4.76. The molecule has 2 unspecified atom stereocenters. The molecule has 0 heterocycles. The van der Waals surface area contributed by atoms with E-state index in [4.69, 9.17) is 0 Å². The minimum Gasteiger partial charge on any atom is -0.392 e. The Labute approximate surface area is 95.7 Å². The third-order valence-corrected chi connectivity index (χ3v) is 3.41. The number of hydrogen-bond acceptors (Lipinski definition) is 2. The smallest absolute Gasteiger partial charge is 0.146 e. The van der Waals surface area contributed by atoms with Crippen molar-refractivity contribution in [2.45, 2.75) is 20.0 Å². The SMILES string of the molecule is CC1CC1CN(C)c1c(F)cccc1CO. The Morgan fingerprint density at radius 3 is 2.75 bits per heavy atom. The number of anilines is 1. The maximum atomic E-state index is 13.7. The van der Waals surface area contributed by atoms with Crippen LogP contribution in [0, 0.1) is 17.7 Å². The lowest BCUT2D eigenvalue weighted by Crippen LogP contribution is -2.23. The highest BCUT2D eigenvalue weighted by molar-refractivity contribution is 5.54. The summed E-state index contributed by atoms with van der Waals surface area (Å²) in [7, 11) is 1.89. The third kappa shape index (κ3) is 2.19. The fraction of sp³-hybridized carbons (Fsp3) is 0.538. The summed E-state index contributed by atoms with van der Waals surface area (Å²) in [5.41, 5.74) is 1.21. The molecule has 1 N–H and O–H groups in total. The molecule has 0 amide bonds. The van der Waals surface area contributed by atoms with Crippen LogP contribution in [0.2, 0.25) is 0 Å². The number of benzene rings is 1. The highest BCUT2D eigenvalue weighted by Crippen LogP contribution is 2.39. The van der Waals surface area contributed by atoms with Crippen LogP contribution in [0.25, 0.3) is 0 Å². The molecule has 0 bridgehead atoms. The molecule has 0 aromatic heterocycles. The van der Waals surface area contributed by atoms with Gasteiger partial charge in [0.25, 0.3) is 0 Å². The summed E-state index contributed by atoms with van der Waals surface area (Å²) in [6.45, 7) is 2.97. The zero-order chi connectivity index (χ0) is 11.7. The Morgan fingerprint density at radius 1 is 1.50 bits per heavy atom. The lowest BCUT2D eigenvalue weighted by molar-refractivity contribution is 0.281. The zero-order valence-electron chi connectivity index (χ0n) is 9.78. The summed E-state index contributed by atoms with van der Waals surface area (Å²) in [6, 6.07) is 4.85. The van der Waals surface area contributed by atoms with Gasteiger partial charge < -0.3 is 10.0 Å². The molecule has 0 saturated heterocycles. The van der Waals surface area contributed by atoms with Crippen molar-refractivity contribution in [1.82, 2.24) is 0 Å². The second kappa shape index (κ2) is 4.42. The Bertz CT molecular complexity index is 380. The Kier molecular flexibility index (Phi) is 3.15. The molecule has 16 heavy (non-hydrogen) atoms. The molecule has 0 spiro atoms. The summed E-state index contributed by atoms with van der Waals surface area (Å²) < 4.78 is 13.7. The van der Waals surface area contributed by atoms with Crippen LogP contribution < -0.4 is 4.90 Å². The van der Waals surface area contributed by atoms with Crippen LogP contribution >= 0.6 is 0 Å². The monoisotopic (exact) mass is 223 g/mol. The third-order valence-electron chi connectivity index (χ3n) is 3.41. The summed E-state index contributed by atoms with van der Waals surface area (Å²) >= 11 is 0. The first-order chi connectivity index (χ1) is 7.63. The molecule has 88 valence electrons. The summed E-state index contributed by atoms with van der Waals surface area (Å²) in [5.74, 6) is 1.19. The van der Waals surface area contributed by atoms with E-state index in [9.17, 15) is 9.50 Å². The first kappa shape index (κ1) is 11.4. The van der Waals surface area contributed by atoms with Crippen LogP contribution in [-0.2, 0) is 6.61 Å². The first-order valence-corrected chi connectivity index (χ1v) is 5.73. The standard InChI is InChI=1S/C13H18FNO/c1-9-6-11(9)7-15(2)13-10(8-16)4-3-5-12(13)14/h3-5,9,11,16H,6-8H2,1-2H3. The number of hydrogen-bond donors (Lipinski definition) is 1. The zero-order valence-corrected chi connectivity index (χ0v) is 9.78. The van der Waals surface area contributed by atoms with E-state index >= 15 is 0 Å². The summed E-state index contributed by atoms with van der Waals surface area (Å²) in [4.78, 5) is 1.93. The van der Waals surface area contributed by atoms with Crippen molar-refractivity contribution in [3.8, 4) is 0 Å². The molecule has 1 aliphatic rings. The van der Waals surface area contributed by atoms with Gasteiger partial charge in [-0.25, -0.2) is 4.39 Å². The molecule has 3 heteroatoms. The fourth-order valence-corrected chi connectivity index (χ4v) is 2.21. The number of nitrogens with zero attached hydrogens (tertiary/aromatic N) is 1. The predicted octanol–water partition coefficient (Wildman–Crippen LogP) is 2.41. The minimum absolute atomic E-state index is 0.113. The minimum atomic E-state index is -0.248. The van der Waals surface area contributed by atoms with E-state index in [1.165, 1.54) is 12.5 Å². The van der Waals surface area contributed by atoms with Crippen molar-refractivity contribution in [2.75, 3.05) is 18.5 Å². The van der Waals surface area contributed by atoms with Gasteiger partial charge in [-0.05, 0) is 24.3 Å². The lowest BCUT2D eigenvalue weighted by Gasteiger charge is -2.22. The largest absolute Gasteiger partial charge is 0.392 e. The Balaban J connectivity index is 2.17. The van der Waals surface area contributed by atoms with Crippen molar-refractivity contribution >= 4 is 5.69 Å². The average Bonchev–Trinajstić information content (AvgIpc) is 2.93. The molecular formula is C13H18FNO. The van der Waals surface area contributed by atoms with Crippen LogP contribution in [0.5, 0.6) is 0 Å². The van der Waals surface area contributed by atoms with Gasteiger partial charge in [0.2, 0.25) is 0 Å². The van der Waals surface area contributed by atoms with Gasteiger partial charge in [-0.2, -0.15) is 0 Å². The number of aliphatic hydroxyl groups excluding tert-OH is 1. The van der Waals surface area contributed by atoms with Crippen LogP contribution in [-0.4, -0.2) is 18.7 Å². The topological polar surface area (TPSA) is 23.5 Å². The second-order valence-corrected chi connectivity index (χ2v) is 4.76. The van der Waals surface area contributed by atoms with Crippen LogP contribution in [0.4, 0.5) is 10.1 Å². The van der Waals surface area contributed by atoms with Crippen molar-refractivity contribution < 1.29 is 9.50 Å². The molecule has 1 aliphatic carbocycles. The molecule has 1 fully saturated rings. The number of aliphatic hydroxyl groups is 1. The fourth-order valence-electron chi connectivity index (χ4n) is 2.21. The Hall–Kier alpha value is -1.09. The van der Waals surface area contributed by atoms with Gasteiger partial charge in [0.1, 0.15) is 5.82 Å².